The normalized spacial score (nSPS) is 11.5. The van der Waals surface area contributed by atoms with Gasteiger partial charge >= 0.3 is 8.80 Å². The topological polar surface area (TPSA) is 77.8 Å². The van der Waals surface area contributed by atoms with E-state index in [0.717, 1.165) is 44.9 Å². The fraction of sp³-hybridized carbons (Fsp3) is 0.938. The zero-order valence-electron chi connectivity index (χ0n) is 15.7. The van der Waals surface area contributed by atoms with Crippen LogP contribution in [0.2, 0.25) is 6.04 Å². The highest BCUT2D eigenvalue weighted by molar-refractivity contribution is 7.80. The van der Waals surface area contributed by atoms with Crippen molar-refractivity contribution in [3.05, 3.63) is 0 Å². The van der Waals surface area contributed by atoms with Crippen LogP contribution >= 0.6 is 12.2 Å². The summed E-state index contributed by atoms with van der Waals surface area (Å²) in [5.74, 6) is 0. The second kappa shape index (κ2) is 16.2. The van der Waals surface area contributed by atoms with Gasteiger partial charge in [0.05, 0.1) is 0 Å². The third-order valence-corrected chi connectivity index (χ3v) is 6.89. The molecule has 24 heavy (non-hydrogen) atoms. The SMILES string of the molecule is CCO[Si](CCCNC(=S)NCCCCCCN)(OCC)OCC. The van der Waals surface area contributed by atoms with Gasteiger partial charge in [-0.15, -0.1) is 0 Å². The molecule has 0 aliphatic carbocycles. The first kappa shape index (κ1) is 23.7. The summed E-state index contributed by atoms with van der Waals surface area (Å²) >= 11 is 5.29. The summed E-state index contributed by atoms with van der Waals surface area (Å²) in [4.78, 5) is 0. The molecule has 0 atom stereocenters. The van der Waals surface area contributed by atoms with Gasteiger partial charge in [-0.1, -0.05) is 12.8 Å². The summed E-state index contributed by atoms with van der Waals surface area (Å²) < 4.78 is 17.5. The minimum absolute atomic E-state index is 0.615. The van der Waals surface area contributed by atoms with Crippen LogP contribution in [0.1, 0.15) is 52.9 Å². The number of unbranched alkanes of at least 4 members (excludes halogenated alkanes) is 3. The van der Waals surface area contributed by atoms with Crippen LogP contribution in [0, 0.1) is 0 Å². The highest BCUT2D eigenvalue weighted by atomic mass is 32.1. The van der Waals surface area contributed by atoms with Crippen LogP contribution < -0.4 is 16.4 Å². The van der Waals surface area contributed by atoms with E-state index in [4.69, 9.17) is 31.2 Å². The molecule has 0 fully saturated rings. The molecule has 4 N–H and O–H groups in total. The Morgan fingerprint density at radius 3 is 1.83 bits per heavy atom. The summed E-state index contributed by atoms with van der Waals surface area (Å²) in [6, 6.07) is 0.803. The predicted octanol–water partition coefficient (Wildman–Crippen LogP) is 2.41. The van der Waals surface area contributed by atoms with Gasteiger partial charge in [0.15, 0.2) is 5.11 Å². The maximum Gasteiger partial charge on any atom is 0.500 e. The van der Waals surface area contributed by atoms with E-state index in [1.807, 2.05) is 20.8 Å². The molecule has 0 saturated heterocycles. The van der Waals surface area contributed by atoms with Crippen molar-refractivity contribution in [2.75, 3.05) is 39.5 Å². The first-order chi connectivity index (χ1) is 11.6. The van der Waals surface area contributed by atoms with Crippen LogP contribution in [0.25, 0.3) is 0 Å². The van der Waals surface area contributed by atoms with Gasteiger partial charge in [0.25, 0.3) is 0 Å². The Bertz CT molecular complexity index is 295. The number of nitrogens with one attached hydrogen (secondary N) is 2. The molecule has 0 spiro atoms. The lowest BCUT2D eigenvalue weighted by Gasteiger charge is -2.28. The van der Waals surface area contributed by atoms with E-state index >= 15 is 0 Å². The van der Waals surface area contributed by atoms with Crippen molar-refractivity contribution < 1.29 is 13.3 Å². The van der Waals surface area contributed by atoms with Crippen LogP contribution in [0.4, 0.5) is 0 Å². The summed E-state index contributed by atoms with van der Waals surface area (Å²) in [7, 11) is -2.53. The number of hydrogen-bond donors (Lipinski definition) is 3. The molecule has 0 aliphatic heterocycles. The van der Waals surface area contributed by atoms with Crippen molar-refractivity contribution in [1.82, 2.24) is 10.6 Å². The Balaban J connectivity index is 3.87. The molecule has 0 aromatic heterocycles. The molecule has 8 heteroatoms. The fourth-order valence-corrected chi connectivity index (χ4v) is 5.21. The van der Waals surface area contributed by atoms with Gasteiger partial charge in [0, 0.05) is 39.0 Å². The average molecular weight is 380 g/mol. The first-order valence-corrected chi connectivity index (χ1v) is 11.6. The molecule has 0 aromatic rings. The van der Waals surface area contributed by atoms with Gasteiger partial charge in [0.1, 0.15) is 0 Å². The Kier molecular flexibility index (Phi) is 16.1. The minimum Gasteiger partial charge on any atom is -0.374 e. The summed E-state index contributed by atoms with van der Waals surface area (Å²) in [5.41, 5.74) is 5.48. The summed E-state index contributed by atoms with van der Waals surface area (Å²) in [6.07, 6.45) is 5.52. The second-order valence-electron chi connectivity index (χ2n) is 5.47. The minimum atomic E-state index is -2.53. The Labute approximate surface area is 154 Å². The number of rotatable bonds is 16. The van der Waals surface area contributed by atoms with E-state index in [2.05, 4.69) is 10.6 Å². The van der Waals surface area contributed by atoms with E-state index in [9.17, 15) is 0 Å². The maximum absolute atomic E-state index is 5.84. The molecule has 0 aliphatic rings. The van der Waals surface area contributed by atoms with Crippen molar-refractivity contribution in [2.24, 2.45) is 5.73 Å². The molecule has 0 bridgehead atoms. The third-order valence-electron chi connectivity index (χ3n) is 3.45. The van der Waals surface area contributed by atoms with Gasteiger partial charge in [-0.3, -0.25) is 0 Å². The average Bonchev–Trinajstić information content (AvgIpc) is 2.56. The lowest BCUT2D eigenvalue weighted by molar-refractivity contribution is 0.0709. The molecule has 144 valence electrons. The summed E-state index contributed by atoms with van der Waals surface area (Å²) in [5, 5.41) is 7.19. The number of nitrogens with two attached hydrogens (primary N) is 1. The Hall–Kier alpha value is -0.253. The van der Waals surface area contributed by atoms with E-state index in [1.165, 1.54) is 12.8 Å². The lowest BCUT2D eigenvalue weighted by atomic mass is 10.2. The van der Waals surface area contributed by atoms with E-state index in [-0.39, 0.29) is 0 Å². The zero-order chi connectivity index (χ0) is 18.1. The van der Waals surface area contributed by atoms with E-state index in [0.29, 0.717) is 24.9 Å². The highest BCUT2D eigenvalue weighted by Crippen LogP contribution is 2.17. The molecule has 0 heterocycles. The highest BCUT2D eigenvalue weighted by Gasteiger charge is 2.39. The fourth-order valence-electron chi connectivity index (χ4n) is 2.40. The van der Waals surface area contributed by atoms with Crippen LogP contribution in [0.5, 0.6) is 0 Å². The Morgan fingerprint density at radius 1 is 0.833 bits per heavy atom. The molecule has 6 nitrogen and oxygen atoms in total. The van der Waals surface area contributed by atoms with Gasteiger partial charge in [-0.25, -0.2) is 0 Å². The van der Waals surface area contributed by atoms with Gasteiger partial charge in [-0.05, 0) is 58.8 Å². The largest absolute Gasteiger partial charge is 0.500 e. The number of hydrogen-bond acceptors (Lipinski definition) is 5. The van der Waals surface area contributed by atoms with Crippen molar-refractivity contribution >= 4 is 26.1 Å². The van der Waals surface area contributed by atoms with Crippen LogP contribution in [-0.4, -0.2) is 53.4 Å². The van der Waals surface area contributed by atoms with Crippen LogP contribution in [0.3, 0.4) is 0 Å². The molecule has 0 amide bonds. The van der Waals surface area contributed by atoms with Crippen molar-refractivity contribution in [2.45, 2.75) is 58.9 Å². The molecular formula is C16H37N3O3SSi. The predicted molar refractivity (Wildman–Crippen MR) is 106 cm³/mol. The quantitative estimate of drug-likeness (QED) is 0.216. The van der Waals surface area contributed by atoms with Gasteiger partial charge in [0.2, 0.25) is 0 Å². The van der Waals surface area contributed by atoms with Crippen LogP contribution in [0.15, 0.2) is 0 Å². The summed E-state index contributed by atoms with van der Waals surface area (Å²) in [6.45, 7) is 10.3. The van der Waals surface area contributed by atoms with Crippen molar-refractivity contribution in [3.63, 3.8) is 0 Å². The molecule has 0 unspecified atom stereocenters. The molecular weight excluding hydrogens is 342 g/mol. The monoisotopic (exact) mass is 379 g/mol. The van der Waals surface area contributed by atoms with Gasteiger partial charge in [-0.2, -0.15) is 0 Å². The molecule has 0 rings (SSSR count). The lowest BCUT2D eigenvalue weighted by Crippen LogP contribution is -2.46. The van der Waals surface area contributed by atoms with Crippen LogP contribution in [-0.2, 0) is 13.3 Å². The van der Waals surface area contributed by atoms with E-state index < -0.39 is 8.80 Å². The van der Waals surface area contributed by atoms with Crippen molar-refractivity contribution in [3.8, 4) is 0 Å². The molecule has 0 aromatic carbocycles. The third kappa shape index (κ3) is 12.2. The smallest absolute Gasteiger partial charge is 0.374 e. The van der Waals surface area contributed by atoms with E-state index in [1.54, 1.807) is 0 Å². The molecule has 0 saturated carbocycles. The molecule has 0 radical (unpaired) electrons. The number of thiocarbonyl (C=S) groups is 1. The van der Waals surface area contributed by atoms with Gasteiger partial charge < -0.3 is 29.6 Å². The Morgan fingerprint density at radius 2 is 1.33 bits per heavy atom. The first-order valence-electron chi connectivity index (χ1n) is 9.27. The second-order valence-corrected chi connectivity index (χ2v) is 8.61. The maximum atomic E-state index is 5.84. The zero-order valence-corrected chi connectivity index (χ0v) is 17.5. The standard InChI is InChI=1S/C16H37N3O3SSi/c1-4-20-24(21-5-2,22-6-3)15-11-14-19-16(23)18-13-10-8-7-9-12-17/h4-15,17H2,1-3H3,(H2,18,19,23). The van der Waals surface area contributed by atoms with Crippen molar-refractivity contribution in [1.29, 1.82) is 0 Å².